The fourth-order valence-corrected chi connectivity index (χ4v) is 2.15. The van der Waals surface area contributed by atoms with Gasteiger partial charge in [0.1, 0.15) is 0 Å². The first-order chi connectivity index (χ1) is 8.52. The van der Waals surface area contributed by atoms with Gasteiger partial charge in [0, 0.05) is 23.2 Å². The minimum absolute atomic E-state index is 0.0885. The van der Waals surface area contributed by atoms with E-state index in [1.54, 1.807) is 29.9 Å². The van der Waals surface area contributed by atoms with Crippen LogP contribution >= 0.6 is 27.5 Å². The molecule has 18 heavy (non-hydrogen) atoms. The molecule has 0 spiro atoms. The molecule has 2 rings (SSSR count). The Balaban J connectivity index is 2.50. The van der Waals surface area contributed by atoms with Gasteiger partial charge in [0.25, 0.3) is 5.69 Å². The summed E-state index contributed by atoms with van der Waals surface area (Å²) in [7, 11) is 0. The number of aryl methyl sites for hydroxylation is 1. The highest BCUT2D eigenvalue weighted by Gasteiger charge is 2.14. The lowest BCUT2D eigenvalue weighted by atomic mass is 10.2. The molecule has 5 nitrogen and oxygen atoms in total. The first kappa shape index (κ1) is 13.0. The number of aromatic nitrogens is 2. The molecular formula is C11H9BrClN3O2. The molecule has 0 atom stereocenters. The molecule has 94 valence electrons. The molecule has 0 aliphatic carbocycles. The predicted octanol–water partition coefficient (Wildman–Crippen LogP) is 3.64. The van der Waals surface area contributed by atoms with Crippen molar-refractivity contribution in [1.29, 1.82) is 0 Å². The van der Waals surface area contributed by atoms with Crippen LogP contribution < -0.4 is 0 Å². The number of hydrogen-bond donors (Lipinski definition) is 0. The van der Waals surface area contributed by atoms with Crippen molar-refractivity contribution in [3.63, 3.8) is 0 Å². The average molecular weight is 331 g/mol. The van der Waals surface area contributed by atoms with Crippen LogP contribution in [0.15, 0.2) is 24.4 Å². The topological polar surface area (TPSA) is 61.0 Å². The van der Waals surface area contributed by atoms with Gasteiger partial charge in [0.2, 0.25) is 0 Å². The number of nitro benzene ring substituents is 1. The summed E-state index contributed by atoms with van der Waals surface area (Å²) in [6.07, 6.45) is 1.68. The van der Waals surface area contributed by atoms with Gasteiger partial charge in [-0.05, 0) is 19.1 Å². The number of nitrogens with zero attached hydrogens (tertiary/aromatic N) is 3. The third kappa shape index (κ3) is 2.39. The highest BCUT2D eigenvalue weighted by Crippen LogP contribution is 2.25. The summed E-state index contributed by atoms with van der Waals surface area (Å²) in [4.78, 5) is 10.4. The van der Waals surface area contributed by atoms with Gasteiger partial charge >= 0.3 is 0 Å². The van der Waals surface area contributed by atoms with Crippen LogP contribution in [0.1, 0.15) is 11.3 Å². The Morgan fingerprint density at radius 3 is 2.78 bits per heavy atom. The van der Waals surface area contributed by atoms with Gasteiger partial charge in [0.15, 0.2) is 0 Å². The fraction of sp³-hybridized carbons (Fsp3) is 0.182. The van der Waals surface area contributed by atoms with Crippen molar-refractivity contribution < 1.29 is 4.92 Å². The Hall–Kier alpha value is -1.40. The monoisotopic (exact) mass is 329 g/mol. The van der Waals surface area contributed by atoms with Gasteiger partial charge in [-0.1, -0.05) is 27.5 Å². The lowest BCUT2D eigenvalue weighted by Crippen LogP contribution is -1.99. The largest absolute Gasteiger partial charge is 0.273 e. The van der Waals surface area contributed by atoms with Crippen LogP contribution in [0.4, 0.5) is 5.69 Å². The molecule has 0 saturated heterocycles. The number of nitro groups is 1. The van der Waals surface area contributed by atoms with Crippen molar-refractivity contribution in [2.75, 3.05) is 0 Å². The smallest absolute Gasteiger partial charge is 0.258 e. The van der Waals surface area contributed by atoms with Crippen molar-refractivity contribution in [2.24, 2.45) is 0 Å². The molecule has 0 radical (unpaired) electrons. The molecule has 0 amide bonds. The number of rotatable bonds is 3. The Morgan fingerprint density at radius 2 is 2.28 bits per heavy atom. The highest BCUT2D eigenvalue weighted by molar-refractivity contribution is 9.08. The third-order valence-corrected chi connectivity index (χ3v) is 3.48. The second-order valence-electron chi connectivity index (χ2n) is 3.71. The predicted molar refractivity (Wildman–Crippen MR) is 72.6 cm³/mol. The van der Waals surface area contributed by atoms with E-state index in [0.717, 1.165) is 11.4 Å². The van der Waals surface area contributed by atoms with E-state index in [1.807, 2.05) is 0 Å². The van der Waals surface area contributed by atoms with Gasteiger partial charge < -0.3 is 0 Å². The van der Waals surface area contributed by atoms with Crippen LogP contribution in [0.25, 0.3) is 5.69 Å². The summed E-state index contributed by atoms with van der Waals surface area (Å²) in [6, 6.07) is 4.83. The van der Waals surface area contributed by atoms with E-state index < -0.39 is 4.92 Å². The maximum atomic E-state index is 10.8. The molecule has 0 aliphatic rings. The maximum Gasteiger partial charge on any atom is 0.273 e. The second-order valence-corrected chi connectivity index (χ2v) is 4.68. The highest BCUT2D eigenvalue weighted by atomic mass is 79.9. The summed E-state index contributed by atoms with van der Waals surface area (Å²) in [5, 5.41) is 16.0. The summed E-state index contributed by atoms with van der Waals surface area (Å²) < 4.78 is 1.60. The Bertz CT molecular complexity index is 593. The van der Waals surface area contributed by atoms with Gasteiger partial charge in [-0.3, -0.25) is 10.1 Å². The zero-order valence-electron chi connectivity index (χ0n) is 9.43. The third-order valence-electron chi connectivity index (χ3n) is 2.51. The minimum atomic E-state index is -0.401. The zero-order chi connectivity index (χ0) is 13.3. The van der Waals surface area contributed by atoms with Crippen molar-refractivity contribution in [2.45, 2.75) is 12.3 Å². The maximum absolute atomic E-state index is 10.8. The van der Waals surface area contributed by atoms with E-state index in [0.29, 0.717) is 15.9 Å². The van der Waals surface area contributed by atoms with E-state index in [1.165, 1.54) is 6.07 Å². The Labute approximate surface area is 117 Å². The zero-order valence-corrected chi connectivity index (χ0v) is 11.8. The van der Waals surface area contributed by atoms with Crippen molar-refractivity contribution in [3.8, 4) is 5.69 Å². The minimum Gasteiger partial charge on any atom is -0.258 e. The van der Waals surface area contributed by atoms with Crippen LogP contribution in [0.2, 0.25) is 5.02 Å². The van der Waals surface area contributed by atoms with Crippen molar-refractivity contribution in [3.05, 3.63) is 50.8 Å². The van der Waals surface area contributed by atoms with Crippen LogP contribution in [0.5, 0.6) is 0 Å². The summed E-state index contributed by atoms with van der Waals surface area (Å²) in [6.45, 7) is 1.80. The van der Waals surface area contributed by atoms with Crippen molar-refractivity contribution in [1.82, 2.24) is 9.78 Å². The number of hydrogen-bond acceptors (Lipinski definition) is 3. The quantitative estimate of drug-likeness (QED) is 0.490. The molecule has 1 heterocycles. The van der Waals surface area contributed by atoms with E-state index in [4.69, 9.17) is 11.6 Å². The first-order valence-electron chi connectivity index (χ1n) is 5.08. The standard InChI is InChI=1S/C11H9BrClN3O2/c1-7-10(13)6-15(14-7)9-2-3-11(16(17)18)8(4-9)5-12/h2-4,6H,5H2,1H3. The van der Waals surface area contributed by atoms with Gasteiger partial charge in [-0.25, -0.2) is 4.68 Å². The van der Waals surface area contributed by atoms with E-state index in [-0.39, 0.29) is 5.69 Å². The lowest BCUT2D eigenvalue weighted by Gasteiger charge is -2.04. The molecule has 0 saturated carbocycles. The first-order valence-corrected chi connectivity index (χ1v) is 6.58. The molecule has 0 unspecified atom stereocenters. The van der Waals surface area contributed by atoms with Crippen molar-refractivity contribution >= 4 is 33.2 Å². The molecular weight excluding hydrogens is 321 g/mol. The summed E-state index contributed by atoms with van der Waals surface area (Å²) in [5.41, 5.74) is 2.15. The van der Waals surface area contributed by atoms with Gasteiger partial charge in [-0.2, -0.15) is 5.10 Å². The normalized spacial score (nSPS) is 10.6. The molecule has 2 aromatic rings. The van der Waals surface area contributed by atoms with E-state index >= 15 is 0 Å². The van der Waals surface area contributed by atoms with E-state index in [2.05, 4.69) is 21.0 Å². The Morgan fingerprint density at radius 1 is 1.56 bits per heavy atom. The number of benzene rings is 1. The van der Waals surface area contributed by atoms with Gasteiger partial charge in [-0.15, -0.1) is 0 Å². The molecule has 0 N–H and O–H groups in total. The summed E-state index contributed by atoms with van der Waals surface area (Å²) in [5.74, 6) is 0. The lowest BCUT2D eigenvalue weighted by molar-refractivity contribution is -0.385. The average Bonchev–Trinajstić information content (AvgIpc) is 2.68. The molecule has 0 fully saturated rings. The second kappa shape index (κ2) is 5.07. The van der Waals surface area contributed by atoms with Crippen LogP contribution in [-0.4, -0.2) is 14.7 Å². The van der Waals surface area contributed by atoms with Crippen LogP contribution in [0.3, 0.4) is 0 Å². The molecule has 0 aliphatic heterocycles. The molecule has 1 aromatic carbocycles. The fourth-order valence-electron chi connectivity index (χ4n) is 1.57. The number of halogens is 2. The molecule has 7 heteroatoms. The SMILES string of the molecule is Cc1nn(-c2ccc([N+](=O)[O-])c(CBr)c2)cc1Cl. The molecule has 1 aromatic heterocycles. The summed E-state index contributed by atoms with van der Waals surface area (Å²) >= 11 is 9.18. The van der Waals surface area contributed by atoms with E-state index in [9.17, 15) is 10.1 Å². The van der Waals surface area contributed by atoms with Crippen LogP contribution in [-0.2, 0) is 5.33 Å². The van der Waals surface area contributed by atoms with Gasteiger partial charge in [0.05, 0.1) is 21.3 Å². The molecule has 0 bridgehead atoms. The number of alkyl halides is 1. The van der Waals surface area contributed by atoms with Crippen LogP contribution in [0, 0.1) is 17.0 Å². The Kier molecular flexibility index (Phi) is 3.68.